The van der Waals surface area contributed by atoms with Crippen LogP contribution in [0.15, 0.2) is 46.2 Å². The van der Waals surface area contributed by atoms with Crippen molar-refractivity contribution in [2.24, 2.45) is 5.92 Å². The molecule has 0 aromatic heterocycles. The number of anilines is 1. The van der Waals surface area contributed by atoms with Crippen LogP contribution in [0.5, 0.6) is 5.75 Å². The van der Waals surface area contributed by atoms with Crippen molar-refractivity contribution in [1.82, 2.24) is 9.03 Å². The van der Waals surface area contributed by atoms with E-state index in [-0.39, 0.29) is 33.8 Å². The van der Waals surface area contributed by atoms with E-state index in [4.69, 9.17) is 16.3 Å². The van der Waals surface area contributed by atoms with Gasteiger partial charge < -0.3 is 10.1 Å². The van der Waals surface area contributed by atoms with Gasteiger partial charge in [-0.15, -0.1) is 0 Å². The molecule has 1 aliphatic heterocycles. The van der Waals surface area contributed by atoms with Crippen LogP contribution in [0.3, 0.4) is 0 Å². The van der Waals surface area contributed by atoms with Crippen molar-refractivity contribution in [3.63, 3.8) is 0 Å². The van der Waals surface area contributed by atoms with Crippen molar-refractivity contribution in [1.29, 1.82) is 0 Å². The lowest BCUT2D eigenvalue weighted by atomic mass is 9.98. The Kier molecular flexibility index (Phi) is 7.69. The molecule has 3 rings (SSSR count). The van der Waals surface area contributed by atoms with E-state index in [2.05, 4.69) is 10.0 Å². The number of nitrogens with zero attached hydrogens (tertiary/aromatic N) is 1. The fourth-order valence-electron chi connectivity index (χ4n) is 3.59. The largest absolute Gasteiger partial charge is 0.495 e. The molecule has 9 nitrogen and oxygen atoms in total. The smallest absolute Gasteiger partial charge is 0.243 e. The lowest BCUT2D eigenvalue weighted by Crippen LogP contribution is -2.43. The number of rotatable bonds is 7. The molecule has 180 valence electrons. The van der Waals surface area contributed by atoms with E-state index in [0.717, 1.165) is 0 Å². The Bertz CT molecular complexity index is 1260. The summed E-state index contributed by atoms with van der Waals surface area (Å²) in [5.74, 6) is -0.597. The van der Waals surface area contributed by atoms with E-state index in [0.29, 0.717) is 29.8 Å². The van der Waals surface area contributed by atoms with Crippen LogP contribution >= 0.6 is 11.6 Å². The van der Waals surface area contributed by atoms with Gasteiger partial charge in [0.2, 0.25) is 26.0 Å². The Balaban J connectivity index is 1.79. The van der Waals surface area contributed by atoms with Gasteiger partial charge in [0.15, 0.2) is 0 Å². The molecule has 33 heavy (non-hydrogen) atoms. The minimum atomic E-state index is -3.86. The zero-order valence-electron chi connectivity index (χ0n) is 18.5. The van der Waals surface area contributed by atoms with Gasteiger partial charge in [0.1, 0.15) is 5.75 Å². The van der Waals surface area contributed by atoms with Crippen molar-refractivity contribution in [2.45, 2.75) is 29.6 Å². The number of halogens is 1. The molecule has 0 bridgehead atoms. The molecule has 0 spiro atoms. The third kappa shape index (κ3) is 5.49. The van der Waals surface area contributed by atoms with Gasteiger partial charge in [-0.05, 0) is 62.7 Å². The fraction of sp³-hybridized carbons (Fsp3) is 0.381. The molecular weight excluding hydrogens is 490 g/mol. The van der Waals surface area contributed by atoms with Gasteiger partial charge in [-0.1, -0.05) is 17.7 Å². The number of nitrogens with one attached hydrogen (secondary N) is 2. The molecule has 0 saturated carbocycles. The second-order valence-electron chi connectivity index (χ2n) is 7.67. The molecule has 1 heterocycles. The van der Waals surface area contributed by atoms with Crippen LogP contribution < -0.4 is 14.8 Å². The first-order valence-electron chi connectivity index (χ1n) is 10.2. The van der Waals surface area contributed by atoms with E-state index in [9.17, 15) is 21.6 Å². The Morgan fingerprint density at radius 3 is 2.45 bits per heavy atom. The highest BCUT2D eigenvalue weighted by Gasteiger charge is 2.34. The van der Waals surface area contributed by atoms with Gasteiger partial charge in [0, 0.05) is 18.8 Å². The molecule has 1 fully saturated rings. The van der Waals surface area contributed by atoms with Gasteiger partial charge in [0.05, 0.1) is 27.8 Å². The second kappa shape index (κ2) is 9.98. The number of benzene rings is 2. The summed E-state index contributed by atoms with van der Waals surface area (Å²) in [6.45, 7) is 2.03. The molecule has 0 aliphatic carbocycles. The predicted molar refractivity (Wildman–Crippen MR) is 126 cm³/mol. The van der Waals surface area contributed by atoms with Crippen molar-refractivity contribution in [3.05, 3.63) is 47.0 Å². The first kappa shape index (κ1) is 25.4. The van der Waals surface area contributed by atoms with E-state index < -0.39 is 26.0 Å². The lowest BCUT2D eigenvalue weighted by Gasteiger charge is -2.31. The average molecular weight is 516 g/mol. The number of hydrogen-bond acceptors (Lipinski definition) is 6. The van der Waals surface area contributed by atoms with Gasteiger partial charge >= 0.3 is 0 Å². The minimum absolute atomic E-state index is 0.00532. The highest BCUT2D eigenvalue weighted by molar-refractivity contribution is 7.89. The summed E-state index contributed by atoms with van der Waals surface area (Å²) in [4.78, 5) is 13.0. The Labute approximate surface area is 199 Å². The molecule has 1 atom stereocenters. The number of carbonyl (C=O) groups excluding carboxylic acids is 1. The van der Waals surface area contributed by atoms with E-state index in [1.54, 1.807) is 13.0 Å². The topological polar surface area (TPSA) is 122 Å². The summed E-state index contributed by atoms with van der Waals surface area (Å²) in [5.41, 5.74) is 1.05. The Morgan fingerprint density at radius 1 is 1.12 bits per heavy atom. The number of ether oxygens (including phenoxy) is 1. The summed E-state index contributed by atoms with van der Waals surface area (Å²) in [5, 5.41) is 2.94. The molecule has 2 aromatic carbocycles. The molecule has 1 unspecified atom stereocenters. The summed E-state index contributed by atoms with van der Waals surface area (Å²) in [7, 11) is -4.79. The maximum Gasteiger partial charge on any atom is 0.243 e. The van der Waals surface area contributed by atoms with Crippen LogP contribution in [0.1, 0.15) is 18.4 Å². The lowest BCUT2D eigenvalue weighted by molar-refractivity contribution is -0.120. The van der Waals surface area contributed by atoms with Crippen LogP contribution in [0.2, 0.25) is 5.02 Å². The van der Waals surface area contributed by atoms with Crippen LogP contribution in [-0.4, -0.2) is 54.3 Å². The van der Waals surface area contributed by atoms with Gasteiger partial charge in [-0.2, -0.15) is 4.31 Å². The molecule has 0 radical (unpaired) electrons. The van der Waals surface area contributed by atoms with Gasteiger partial charge in [-0.25, -0.2) is 21.6 Å². The Morgan fingerprint density at radius 2 is 1.82 bits per heavy atom. The van der Waals surface area contributed by atoms with E-state index >= 15 is 0 Å². The van der Waals surface area contributed by atoms with Gasteiger partial charge in [-0.3, -0.25) is 4.79 Å². The standard InChI is InChI=1S/C21H26ClN3O6S2/c1-14-6-7-16(32(27,28)23-2)12-19(14)24-21(26)15-5-4-10-25(13-15)33(29,30)17-8-9-20(31-3)18(22)11-17/h6-9,11-12,15,23H,4-5,10,13H2,1-3H3,(H,24,26). The number of hydrogen-bond donors (Lipinski definition) is 2. The third-order valence-corrected chi connectivity index (χ3v) is 9.13. The number of sulfonamides is 2. The summed E-state index contributed by atoms with van der Waals surface area (Å²) >= 11 is 6.09. The second-order valence-corrected chi connectivity index (χ2v) is 11.9. The normalized spacial score (nSPS) is 17.5. The van der Waals surface area contributed by atoms with Crippen LogP contribution in [-0.2, 0) is 24.8 Å². The van der Waals surface area contributed by atoms with Crippen LogP contribution in [0, 0.1) is 12.8 Å². The fourth-order valence-corrected chi connectivity index (χ4v) is 6.22. The van der Waals surface area contributed by atoms with Crippen LogP contribution in [0.25, 0.3) is 0 Å². The number of piperidine rings is 1. The minimum Gasteiger partial charge on any atom is -0.495 e. The zero-order valence-corrected chi connectivity index (χ0v) is 20.8. The molecular formula is C21H26ClN3O6S2. The number of carbonyl (C=O) groups is 1. The highest BCUT2D eigenvalue weighted by atomic mass is 35.5. The average Bonchev–Trinajstić information content (AvgIpc) is 2.80. The number of aryl methyl sites for hydroxylation is 1. The van der Waals surface area contributed by atoms with Crippen molar-refractivity contribution in [2.75, 3.05) is 32.6 Å². The summed E-state index contributed by atoms with van der Waals surface area (Å²) in [6.07, 6.45) is 1.02. The zero-order chi connectivity index (χ0) is 24.4. The van der Waals surface area contributed by atoms with Crippen molar-refractivity contribution < 1.29 is 26.4 Å². The van der Waals surface area contributed by atoms with Crippen LogP contribution in [0.4, 0.5) is 5.69 Å². The first-order valence-corrected chi connectivity index (χ1v) is 13.5. The molecule has 2 aromatic rings. The first-order chi connectivity index (χ1) is 15.5. The maximum atomic E-state index is 13.1. The molecule has 1 amide bonds. The van der Waals surface area contributed by atoms with E-state index in [1.807, 2.05) is 0 Å². The van der Waals surface area contributed by atoms with E-state index in [1.165, 1.54) is 48.8 Å². The number of methoxy groups -OCH3 is 1. The van der Waals surface area contributed by atoms with Gasteiger partial charge in [0.25, 0.3) is 0 Å². The predicted octanol–water partition coefficient (Wildman–Crippen LogP) is 2.60. The molecule has 1 aliphatic rings. The molecule has 2 N–H and O–H groups in total. The Hall–Kier alpha value is -2.18. The summed E-state index contributed by atoms with van der Waals surface area (Å²) < 4.78 is 59.0. The SMILES string of the molecule is CNS(=O)(=O)c1ccc(C)c(NC(=O)C2CCCN(S(=O)(=O)c3ccc(OC)c(Cl)c3)C2)c1. The molecule has 1 saturated heterocycles. The highest BCUT2D eigenvalue weighted by Crippen LogP contribution is 2.31. The van der Waals surface area contributed by atoms with Crippen molar-refractivity contribution in [3.8, 4) is 5.75 Å². The third-order valence-electron chi connectivity index (χ3n) is 5.56. The summed E-state index contributed by atoms with van der Waals surface area (Å²) in [6, 6.07) is 8.67. The van der Waals surface area contributed by atoms with Crippen molar-refractivity contribution >= 4 is 43.2 Å². The maximum absolute atomic E-state index is 13.1. The monoisotopic (exact) mass is 515 g/mol. The number of amides is 1. The quantitative estimate of drug-likeness (QED) is 0.584. The molecule has 12 heteroatoms.